The molecule has 0 aromatic heterocycles. The largest absolute Gasteiger partial charge is 0.356 e. The first-order valence-electron chi connectivity index (χ1n) is 10.6. The standard InChI is InChI=1S/C22H33ClN4O.HI/c1-3-16(17-8-10-19(23)11-9-17)14-25-22(24-2)26-20-12-13-27(15-20)21(28)18-6-4-5-7-18;/h8-11,16,18,20H,3-7,12-15H2,1-2H3,(H2,24,25,26);1H. The summed E-state index contributed by atoms with van der Waals surface area (Å²) in [6.45, 7) is 4.65. The summed E-state index contributed by atoms with van der Waals surface area (Å²) in [6.07, 6.45) is 6.56. The van der Waals surface area contributed by atoms with Gasteiger partial charge < -0.3 is 15.5 Å². The Kier molecular flexibility index (Phi) is 10.0. The molecule has 0 radical (unpaired) electrons. The molecule has 1 amide bonds. The summed E-state index contributed by atoms with van der Waals surface area (Å²) < 4.78 is 0. The smallest absolute Gasteiger partial charge is 0.225 e. The summed E-state index contributed by atoms with van der Waals surface area (Å²) in [5.41, 5.74) is 1.28. The van der Waals surface area contributed by atoms with Gasteiger partial charge in [0.25, 0.3) is 0 Å². The quantitative estimate of drug-likeness (QED) is 0.324. The first-order valence-corrected chi connectivity index (χ1v) is 11.0. The summed E-state index contributed by atoms with van der Waals surface area (Å²) in [4.78, 5) is 19.1. The zero-order valence-electron chi connectivity index (χ0n) is 17.5. The van der Waals surface area contributed by atoms with Crippen LogP contribution < -0.4 is 10.6 Å². The van der Waals surface area contributed by atoms with Crippen LogP contribution in [0, 0.1) is 5.92 Å². The van der Waals surface area contributed by atoms with E-state index in [0.29, 0.717) is 11.8 Å². The van der Waals surface area contributed by atoms with Crippen molar-refractivity contribution in [2.24, 2.45) is 10.9 Å². The number of guanidine groups is 1. The van der Waals surface area contributed by atoms with E-state index in [4.69, 9.17) is 11.6 Å². The van der Waals surface area contributed by atoms with Crippen LogP contribution in [-0.2, 0) is 4.79 Å². The number of amides is 1. The SMILES string of the molecule is CCC(CNC(=NC)NC1CCN(C(=O)C2CCCC2)C1)c1ccc(Cl)cc1.I. The number of rotatable bonds is 6. The Morgan fingerprint density at radius 1 is 1.24 bits per heavy atom. The van der Waals surface area contributed by atoms with Gasteiger partial charge in [-0.1, -0.05) is 43.5 Å². The minimum Gasteiger partial charge on any atom is -0.356 e. The maximum Gasteiger partial charge on any atom is 0.225 e. The highest BCUT2D eigenvalue weighted by Crippen LogP contribution is 2.28. The second-order valence-corrected chi connectivity index (χ2v) is 8.44. The maximum atomic E-state index is 12.6. The Balaban J connectivity index is 0.00000300. The molecule has 1 aromatic rings. The van der Waals surface area contributed by atoms with E-state index >= 15 is 0 Å². The summed E-state index contributed by atoms with van der Waals surface area (Å²) >= 11 is 6.01. The van der Waals surface area contributed by atoms with E-state index in [2.05, 4.69) is 34.7 Å². The van der Waals surface area contributed by atoms with Gasteiger partial charge in [-0.3, -0.25) is 9.79 Å². The number of hydrogen-bond acceptors (Lipinski definition) is 2. The van der Waals surface area contributed by atoms with Crippen LogP contribution >= 0.6 is 35.6 Å². The molecule has 3 rings (SSSR count). The fourth-order valence-electron chi connectivity index (χ4n) is 4.35. The van der Waals surface area contributed by atoms with Crippen molar-refractivity contribution < 1.29 is 4.79 Å². The highest BCUT2D eigenvalue weighted by molar-refractivity contribution is 14.0. The average Bonchev–Trinajstić information content (AvgIpc) is 3.40. The molecule has 2 aliphatic rings. The normalized spacial score (nSPS) is 21.0. The van der Waals surface area contributed by atoms with Crippen LogP contribution in [0.2, 0.25) is 5.02 Å². The van der Waals surface area contributed by atoms with Crippen molar-refractivity contribution in [1.29, 1.82) is 0 Å². The van der Waals surface area contributed by atoms with Gasteiger partial charge in [0.05, 0.1) is 0 Å². The van der Waals surface area contributed by atoms with Gasteiger partial charge in [-0.25, -0.2) is 0 Å². The Hall–Kier alpha value is -1.02. The lowest BCUT2D eigenvalue weighted by Gasteiger charge is -2.22. The number of halogens is 2. The van der Waals surface area contributed by atoms with Crippen LogP contribution in [0.4, 0.5) is 0 Å². The fourth-order valence-corrected chi connectivity index (χ4v) is 4.48. The summed E-state index contributed by atoms with van der Waals surface area (Å²) in [5.74, 6) is 1.84. The Morgan fingerprint density at radius 2 is 1.93 bits per heavy atom. The third-order valence-corrected chi connectivity index (χ3v) is 6.37. The van der Waals surface area contributed by atoms with E-state index in [1.165, 1.54) is 18.4 Å². The number of likely N-dealkylation sites (tertiary alicyclic amines) is 1. The van der Waals surface area contributed by atoms with Crippen LogP contribution in [0.15, 0.2) is 29.3 Å². The topological polar surface area (TPSA) is 56.7 Å². The van der Waals surface area contributed by atoms with Crippen molar-refractivity contribution in [3.05, 3.63) is 34.9 Å². The number of nitrogens with one attached hydrogen (secondary N) is 2. The molecule has 2 atom stereocenters. The van der Waals surface area contributed by atoms with Crippen LogP contribution in [0.1, 0.15) is 56.9 Å². The van der Waals surface area contributed by atoms with E-state index in [0.717, 1.165) is 56.3 Å². The molecule has 0 bridgehead atoms. The van der Waals surface area contributed by atoms with Crippen molar-refractivity contribution in [3.63, 3.8) is 0 Å². The second kappa shape index (κ2) is 12.0. The van der Waals surface area contributed by atoms with Crippen molar-refractivity contribution in [2.75, 3.05) is 26.7 Å². The number of aliphatic imine (C=N–C) groups is 1. The summed E-state index contributed by atoms with van der Waals surface area (Å²) in [7, 11) is 1.80. The molecule has 162 valence electrons. The molecule has 2 unspecified atom stereocenters. The number of nitrogens with zero attached hydrogens (tertiary/aromatic N) is 2. The minimum absolute atomic E-state index is 0. The van der Waals surface area contributed by atoms with Gasteiger partial charge >= 0.3 is 0 Å². The van der Waals surface area contributed by atoms with Crippen molar-refractivity contribution in [3.8, 4) is 0 Å². The van der Waals surface area contributed by atoms with E-state index in [1.807, 2.05) is 17.0 Å². The van der Waals surface area contributed by atoms with Crippen LogP contribution in [-0.4, -0.2) is 49.5 Å². The third kappa shape index (κ3) is 6.74. The average molecular weight is 533 g/mol. The van der Waals surface area contributed by atoms with Crippen molar-refractivity contribution in [1.82, 2.24) is 15.5 Å². The first-order chi connectivity index (χ1) is 13.6. The molecule has 29 heavy (non-hydrogen) atoms. The maximum absolute atomic E-state index is 12.6. The van der Waals surface area contributed by atoms with Gasteiger partial charge in [-0.15, -0.1) is 24.0 Å². The number of benzene rings is 1. The molecular formula is C22H34ClIN4O. The van der Waals surface area contributed by atoms with E-state index < -0.39 is 0 Å². The van der Waals surface area contributed by atoms with Gasteiger partial charge in [0.2, 0.25) is 5.91 Å². The highest BCUT2D eigenvalue weighted by atomic mass is 127. The van der Waals surface area contributed by atoms with E-state index in [-0.39, 0.29) is 35.9 Å². The molecule has 0 spiro atoms. The molecule has 1 aromatic carbocycles. The van der Waals surface area contributed by atoms with Gasteiger partial charge in [0.15, 0.2) is 5.96 Å². The van der Waals surface area contributed by atoms with E-state index in [9.17, 15) is 4.79 Å². The number of hydrogen-bond donors (Lipinski definition) is 2. The van der Waals surface area contributed by atoms with Crippen molar-refractivity contribution in [2.45, 2.75) is 57.4 Å². The molecule has 1 saturated carbocycles. The zero-order valence-corrected chi connectivity index (χ0v) is 20.6. The molecule has 5 nitrogen and oxygen atoms in total. The molecule has 1 aliphatic heterocycles. The van der Waals surface area contributed by atoms with Gasteiger partial charge in [0.1, 0.15) is 0 Å². The van der Waals surface area contributed by atoms with Crippen LogP contribution in [0.3, 0.4) is 0 Å². The molecule has 2 N–H and O–H groups in total. The Morgan fingerprint density at radius 3 is 2.55 bits per heavy atom. The Bertz CT molecular complexity index is 676. The summed E-state index contributed by atoms with van der Waals surface area (Å²) in [6, 6.07) is 8.35. The predicted octanol–water partition coefficient (Wildman–Crippen LogP) is 4.41. The number of carbonyl (C=O) groups is 1. The lowest BCUT2D eigenvalue weighted by molar-refractivity contribution is -0.134. The number of carbonyl (C=O) groups excluding carboxylic acids is 1. The van der Waals surface area contributed by atoms with Crippen LogP contribution in [0.5, 0.6) is 0 Å². The van der Waals surface area contributed by atoms with Gasteiger partial charge in [-0.05, 0) is 43.4 Å². The monoisotopic (exact) mass is 532 g/mol. The molecule has 7 heteroatoms. The zero-order chi connectivity index (χ0) is 19.9. The lowest BCUT2D eigenvalue weighted by atomic mass is 9.96. The molecule has 1 aliphatic carbocycles. The summed E-state index contributed by atoms with van der Waals surface area (Å²) in [5, 5.41) is 7.73. The van der Waals surface area contributed by atoms with Gasteiger partial charge in [-0.2, -0.15) is 0 Å². The third-order valence-electron chi connectivity index (χ3n) is 6.12. The Labute approximate surface area is 197 Å². The lowest BCUT2D eigenvalue weighted by Crippen LogP contribution is -2.46. The molecular weight excluding hydrogens is 499 g/mol. The van der Waals surface area contributed by atoms with E-state index in [1.54, 1.807) is 7.05 Å². The van der Waals surface area contributed by atoms with Crippen LogP contribution in [0.25, 0.3) is 0 Å². The molecule has 2 fully saturated rings. The van der Waals surface area contributed by atoms with Gasteiger partial charge in [0, 0.05) is 49.6 Å². The highest BCUT2D eigenvalue weighted by Gasteiger charge is 2.32. The van der Waals surface area contributed by atoms with Crippen molar-refractivity contribution >= 4 is 47.4 Å². The molecule has 1 heterocycles. The minimum atomic E-state index is 0. The molecule has 1 saturated heterocycles. The first kappa shape index (κ1) is 24.3. The second-order valence-electron chi connectivity index (χ2n) is 8.01. The fraction of sp³-hybridized carbons (Fsp3) is 0.636. The predicted molar refractivity (Wildman–Crippen MR) is 131 cm³/mol.